The van der Waals surface area contributed by atoms with Gasteiger partial charge in [-0.15, -0.1) is 0 Å². The van der Waals surface area contributed by atoms with Crippen LogP contribution in [-0.2, 0) is 20.8 Å². The van der Waals surface area contributed by atoms with E-state index in [1.807, 2.05) is 0 Å². The van der Waals surface area contributed by atoms with E-state index in [1.54, 1.807) is 53.9 Å². The van der Waals surface area contributed by atoms with Gasteiger partial charge in [0.25, 0.3) is 11.8 Å². The second-order valence-electron chi connectivity index (χ2n) is 12.2. The van der Waals surface area contributed by atoms with Crippen molar-refractivity contribution in [1.82, 2.24) is 10.2 Å². The highest BCUT2D eigenvalue weighted by Crippen LogP contribution is 2.54. The third kappa shape index (κ3) is 4.13. The Morgan fingerprint density at radius 2 is 1.70 bits per heavy atom. The molecule has 0 aliphatic heterocycles. The molecule has 2 amide bonds. The van der Waals surface area contributed by atoms with Gasteiger partial charge in [-0.3, -0.25) is 24.1 Å². The highest BCUT2D eigenvalue weighted by molar-refractivity contribution is 6.24. The lowest BCUT2D eigenvalue weighted by molar-refractivity contribution is -0.153. The highest BCUT2D eigenvalue weighted by Gasteiger charge is 2.64. The summed E-state index contributed by atoms with van der Waals surface area (Å²) in [5, 5.41) is 48.2. The van der Waals surface area contributed by atoms with Gasteiger partial charge in [0.2, 0.25) is 5.78 Å². The molecule has 0 heterocycles. The number of fused-ring (bicyclic) bond motifs is 3. The molecule has 4 rings (SSSR count). The monoisotopic (exact) mass is 556 g/mol. The topological polar surface area (TPSA) is 194 Å². The number of benzene rings is 1. The van der Waals surface area contributed by atoms with Gasteiger partial charge in [0, 0.05) is 36.8 Å². The predicted molar refractivity (Wildman–Crippen MR) is 146 cm³/mol. The van der Waals surface area contributed by atoms with Gasteiger partial charge < -0.3 is 36.4 Å². The number of primary amides is 1. The number of rotatable bonds is 4. The Morgan fingerprint density at radius 3 is 2.20 bits per heavy atom. The summed E-state index contributed by atoms with van der Waals surface area (Å²) >= 11 is 0. The van der Waals surface area contributed by atoms with Crippen LogP contribution in [0.3, 0.4) is 0 Å². The van der Waals surface area contributed by atoms with Gasteiger partial charge in [0.15, 0.2) is 11.4 Å². The zero-order valence-corrected chi connectivity index (χ0v) is 23.6. The molecule has 216 valence electrons. The van der Waals surface area contributed by atoms with Gasteiger partial charge in [0.05, 0.1) is 17.2 Å². The molecule has 12 nitrogen and oxygen atoms in total. The molecule has 7 N–H and O–H groups in total. The standard InChI is InChI=1S/C28H36N4O8/c1-27(2,3)30-26(39)13-10-15(31(4)5)12-8-11-9-14-19(32(6)7)22(35)18(25(29)38)24(37)28(14,40)23(36)16(11)21(34)17(12)20(13)33/h10-11,14,19,33-34,37,40H,8-9H2,1-7H3,(H2,29,38)(H,30,39)/t11-,14-,19-,28-/m0/s1. The van der Waals surface area contributed by atoms with E-state index in [4.69, 9.17) is 5.73 Å². The van der Waals surface area contributed by atoms with E-state index in [2.05, 4.69) is 5.32 Å². The van der Waals surface area contributed by atoms with Gasteiger partial charge in [-0.1, -0.05) is 0 Å². The molecule has 1 aromatic carbocycles. The van der Waals surface area contributed by atoms with Crippen LogP contribution in [0.15, 0.2) is 23.0 Å². The Bertz CT molecular complexity index is 1420. The average molecular weight is 557 g/mol. The smallest absolute Gasteiger partial charge is 0.255 e. The fourth-order valence-corrected chi connectivity index (χ4v) is 6.27. The number of likely N-dealkylation sites (N-methyl/N-ethyl adjacent to an activating group) is 1. The molecule has 1 fully saturated rings. The maximum Gasteiger partial charge on any atom is 0.255 e. The molecule has 4 atom stereocenters. The summed E-state index contributed by atoms with van der Waals surface area (Å²) < 4.78 is 0. The van der Waals surface area contributed by atoms with Gasteiger partial charge >= 0.3 is 0 Å². The minimum Gasteiger partial charge on any atom is -0.508 e. The number of nitrogens with two attached hydrogens (primary N) is 1. The van der Waals surface area contributed by atoms with Crippen molar-refractivity contribution in [2.75, 3.05) is 33.1 Å². The van der Waals surface area contributed by atoms with Gasteiger partial charge in [-0.05, 0) is 65.3 Å². The lowest BCUT2D eigenvalue weighted by atomic mass is 9.57. The van der Waals surface area contributed by atoms with Crippen LogP contribution in [0.4, 0.5) is 5.69 Å². The predicted octanol–water partition coefficient (Wildman–Crippen LogP) is 0.558. The maximum absolute atomic E-state index is 14.0. The number of nitrogens with one attached hydrogen (secondary N) is 1. The largest absolute Gasteiger partial charge is 0.508 e. The Kier molecular flexibility index (Phi) is 6.79. The number of hydrogen-bond donors (Lipinski definition) is 6. The van der Waals surface area contributed by atoms with E-state index >= 15 is 0 Å². The number of nitrogens with zero attached hydrogens (tertiary/aromatic N) is 2. The van der Waals surface area contributed by atoms with E-state index in [0.29, 0.717) is 11.3 Å². The Balaban J connectivity index is 1.99. The number of aromatic hydroxyl groups is 1. The van der Waals surface area contributed by atoms with Crippen molar-refractivity contribution in [2.24, 2.45) is 17.6 Å². The minimum atomic E-state index is -2.73. The van der Waals surface area contributed by atoms with Crippen LogP contribution in [0.2, 0.25) is 0 Å². The second-order valence-corrected chi connectivity index (χ2v) is 12.2. The molecule has 1 aromatic rings. The Morgan fingerprint density at radius 1 is 1.10 bits per heavy atom. The molecule has 0 spiro atoms. The fourth-order valence-electron chi connectivity index (χ4n) is 6.27. The highest BCUT2D eigenvalue weighted by atomic mass is 16.3. The zero-order chi connectivity index (χ0) is 30.2. The number of hydrogen-bond acceptors (Lipinski definition) is 10. The first-order valence-corrected chi connectivity index (χ1v) is 12.9. The van der Waals surface area contributed by atoms with E-state index in [9.17, 15) is 39.6 Å². The number of carbonyl (C=O) groups excluding carboxylic acids is 4. The number of aliphatic hydroxyl groups is 3. The van der Waals surface area contributed by atoms with E-state index in [-0.39, 0.29) is 29.5 Å². The number of aliphatic hydroxyl groups excluding tert-OH is 2. The van der Waals surface area contributed by atoms with Crippen LogP contribution in [0.1, 0.15) is 48.7 Å². The summed E-state index contributed by atoms with van der Waals surface area (Å²) in [5.74, 6) is -8.05. The first-order valence-electron chi connectivity index (χ1n) is 12.9. The van der Waals surface area contributed by atoms with Crippen molar-refractivity contribution in [3.8, 4) is 5.75 Å². The summed E-state index contributed by atoms with van der Waals surface area (Å²) in [6.45, 7) is 5.31. The quantitative estimate of drug-likeness (QED) is 0.285. The van der Waals surface area contributed by atoms with Crippen LogP contribution in [0.5, 0.6) is 5.75 Å². The molecule has 40 heavy (non-hydrogen) atoms. The molecule has 3 aliphatic carbocycles. The fraction of sp³-hybridized carbons (Fsp3) is 0.500. The number of carbonyl (C=O) groups is 4. The molecule has 0 bridgehead atoms. The summed E-state index contributed by atoms with van der Waals surface area (Å²) in [6, 6.07) is 0.345. The summed E-state index contributed by atoms with van der Waals surface area (Å²) in [4.78, 5) is 55.6. The van der Waals surface area contributed by atoms with Crippen molar-refractivity contribution in [3.63, 3.8) is 0 Å². The van der Waals surface area contributed by atoms with Gasteiger partial charge in [-0.25, -0.2) is 0 Å². The number of phenolic OH excluding ortho intramolecular Hbond substituents is 1. The Labute approximate surface area is 231 Å². The SMILES string of the molecule is CN(C)c1cc(C(=O)NC(C)(C)C)c(O)c2c1C[C@H]1C[C@H]3[C@H](N(C)C)C(=O)C(C(N)=O)=C(O)[C@@]3(O)C(=O)C1=C2O. The number of amides is 2. The lowest BCUT2D eigenvalue weighted by Crippen LogP contribution is -2.65. The van der Waals surface area contributed by atoms with E-state index < -0.39 is 75.2 Å². The minimum absolute atomic E-state index is 0.0222. The van der Waals surface area contributed by atoms with Crippen molar-refractivity contribution in [3.05, 3.63) is 39.7 Å². The number of Topliss-reactive ketones (excluding diaryl/α,β-unsaturated/α-hetero) is 2. The first-order chi connectivity index (χ1) is 18.3. The summed E-state index contributed by atoms with van der Waals surface area (Å²) in [7, 11) is 6.55. The average Bonchev–Trinajstić information content (AvgIpc) is 2.79. The van der Waals surface area contributed by atoms with Crippen LogP contribution in [-0.4, -0.2) is 94.1 Å². The van der Waals surface area contributed by atoms with Crippen LogP contribution >= 0.6 is 0 Å². The van der Waals surface area contributed by atoms with Gasteiger partial charge in [0.1, 0.15) is 22.8 Å². The summed E-state index contributed by atoms with van der Waals surface area (Å²) in [6.07, 6.45) is 0.0996. The second kappa shape index (κ2) is 9.34. The molecular formula is C28H36N4O8. The van der Waals surface area contributed by atoms with Crippen LogP contribution in [0.25, 0.3) is 5.76 Å². The Hall–Kier alpha value is -3.90. The zero-order valence-electron chi connectivity index (χ0n) is 23.6. The van der Waals surface area contributed by atoms with Crippen molar-refractivity contribution < 1.29 is 39.6 Å². The molecular weight excluding hydrogens is 520 g/mol. The maximum atomic E-state index is 14.0. The van der Waals surface area contributed by atoms with Crippen molar-refractivity contribution in [2.45, 2.75) is 50.8 Å². The molecule has 0 saturated heterocycles. The van der Waals surface area contributed by atoms with Gasteiger partial charge in [-0.2, -0.15) is 0 Å². The third-order valence-corrected chi connectivity index (χ3v) is 7.91. The molecule has 1 saturated carbocycles. The molecule has 0 unspecified atom stereocenters. The number of ketones is 2. The van der Waals surface area contributed by atoms with E-state index in [1.165, 1.54) is 11.0 Å². The molecule has 3 aliphatic rings. The molecule has 0 radical (unpaired) electrons. The van der Waals surface area contributed by atoms with Crippen molar-refractivity contribution in [1.29, 1.82) is 0 Å². The summed E-state index contributed by atoms with van der Waals surface area (Å²) in [5.41, 5.74) is 1.57. The third-order valence-electron chi connectivity index (χ3n) is 7.91. The van der Waals surface area contributed by atoms with E-state index in [0.717, 1.165) is 0 Å². The van der Waals surface area contributed by atoms with Crippen LogP contribution in [0, 0.1) is 11.8 Å². The number of anilines is 1. The van der Waals surface area contributed by atoms with Crippen molar-refractivity contribution >= 4 is 34.8 Å². The van der Waals surface area contributed by atoms with Crippen LogP contribution < -0.4 is 16.0 Å². The molecule has 0 aromatic heterocycles. The normalized spacial score (nSPS) is 26.4. The lowest BCUT2D eigenvalue weighted by Gasteiger charge is -2.50. The number of phenols is 1. The first kappa shape index (κ1) is 29.1. The molecule has 12 heteroatoms.